The molecule has 2 aromatic carbocycles. The van der Waals surface area contributed by atoms with E-state index in [0.717, 1.165) is 27.7 Å². The second-order valence-electron chi connectivity index (χ2n) is 7.67. The van der Waals surface area contributed by atoms with Gasteiger partial charge in [-0.1, -0.05) is 52.7 Å². The summed E-state index contributed by atoms with van der Waals surface area (Å²) in [6, 6.07) is 13.0. The quantitative estimate of drug-likeness (QED) is 0.243. The molecule has 0 spiro atoms. The minimum atomic E-state index is -0.533. The van der Waals surface area contributed by atoms with Gasteiger partial charge in [-0.25, -0.2) is 4.68 Å². The van der Waals surface area contributed by atoms with Crippen LogP contribution in [0.5, 0.6) is 0 Å². The van der Waals surface area contributed by atoms with Gasteiger partial charge in [0.15, 0.2) is 5.11 Å². The van der Waals surface area contributed by atoms with Crippen molar-refractivity contribution in [2.75, 3.05) is 0 Å². The molecular weight excluding hydrogens is 495 g/mol. The molecule has 1 saturated heterocycles. The van der Waals surface area contributed by atoms with Crippen LogP contribution in [0, 0.1) is 0 Å². The van der Waals surface area contributed by atoms with E-state index in [1.165, 1.54) is 0 Å². The zero-order valence-corrected chi connectivity index (χ0v) is 19.8. The Morgan fingerprint density at radius 3 is 2.53 bits per heavy atom. The summed E-state index contributed by atoms with van der Waals surface area (Å²) in [6.45, 7) is 0.902. The molecule has 1 aliphatic rings. The normalized spacial score (nSPS) is 13.8. The molecule has 2 N–H and O–H groups in total. The van der Waals surface area contributed by atoms with Gasteiger partial charge in [-0.15, -0.1) is 5.10 Å². The molecule has 1 fully saturated rings. The number of amides is 2. The van der Waals surface area contributed by atoms with Crippen LogP contribution in [-0.2, 0) is 22.7 Å². The minimum absolute atomic E-state index is 0.00227. The van der Waals surface area contributed by atoms with Gasteiger partial charge in [0.05, 0.1) is 19.3 Å². The topological polar surface area (TPSA) is 93.8 Å². The molecule has 2 amide bonds. The first-order valence-corrected chi connectivity index (χ1v) is 11.3. The van der Waals surface area contributed by atoms with Crippen LogP contribution in [0.3, 0.4) is 0 Å². The van der Waals surface area contributed by atoms with Crippen molar-refractivity contribution in [1.82, 2.24) is 30.2 Å². The van der Waals surface area contributed by atoms with Crippen LogP contribution in [-0.4, -0.2) is 36.5 Å². The average Bonchev–Trinajstić information content (AvgIpc) is 3.37. The number of nitrogens with zero attached hydrogens (tertiary/aromatic N) is 4. The van der Waals surface area contributed by atoms with Crippen LogP contribution >= 0.6 is 35.4 Å². The zero-order valence-electron chi connectivity index (χ0n) is 17.5. The Labute approximate surface area is 209 Å². The standard InChI is InChI=1S/C23H16Cl2N6O2S/c24-15-6-5-13(19(25)8-15)10-31-12-16(28-29-31)11-30-9-14(17-3-1-2-4-20(17)30)7-18-21(32)26-23(34)27-22(18)33/h1-9,12H,10-11H2,(H2,26,27,32,33,34). The summed E-state index contributed by atoms with van der Waals surface area (Å²) in [5.74, 6) is -1.07. The monoisotopic (exact) mass is 510 g/mol. The fourth-order valence-electron chi connectivity index (χ4n) is 3.77. The maximum Gasteiger partial charge on any atom is 0.263 e. The number of benzene rings is 2. The molecule has 3 heterocycles. The van der Waals surface area contributed by atoms with E-state index in [4.69, 9.17) is 35.4 Å². The van der Waals surface area contributed by atoms with E-state index in [0.29, 0.717) is 23.1 Å². The van der Waals surface area contributed by atoms with E-state index < -0.39 is 11.8 Å². The van der Waals surface area contributed by atoms with E-state index in [1.54, 1.807) is 22.9 Å². The number of fused-ring (bicyclic) bond motifs is 1. The third-order valence-corrected chi connectivity index (χ3v) is 6.12. The first-order chi connectivity index (χ1) is 16.4. The van der Waals surface area contributed by atoms with Gasteiger partial charge in [0.25, 0.3) is 11.8 Å². The highest BCUT2D eigenvalue weighted by molar-refractivity contribution is 7.80. The van der Waals surface area contributed by atoms with Crippen molar-refractivity contribution in [3.8, 4) is 0 Å². The number of rotatable bonds is 5. The number of hydrogen-bond acceptors (Lipinski definition) is 5. The lowest BCUT2D eigenvalue weighted by molar-refractivity contribution is -0.123. The van der Waals surface area contributed by atoms with E-state index in [1.807, 2.05) is 47.3 Å². The number of carbonyl (C=O) groups excluding carboxylic acids is 2. The number of carbonyl (C=O) groups is 2. The maximum atomic E-state index is 12.3. The zero-order chi connectivity index (χ0) is 23.8. The van der Waals surface area contributed by atoms with Crippen LogP contribution < -0.4 is 10.6 Å². The number of thiocarbonyl (C=S) groups is 1. The van der Waals surface area contributed by atoms with Crippen molar-refractivity contribution in [3.05, 3.63) is 87.3 Å². The predicted molar refractivity (Wildman–Crippen MR) is 133 cm³/mol. The average molecular weight is 511 g/mol. The van der Waals surface area contributed by atoms with Gasteiger partial charge in [0, 0.05) is 32.7 Å². The van der Waals surface area contributed by atoms with Crippen LogP contribution in [0.4, 0.5) is 0 Å². The van der Waals surface area contributed by atoms with Crippen molar-refractivity contribution >= 4 is 69.3 Å². The largest absolute Gasteiger partial charge is 0.341 e. The molecule has 170 valence electrons. The molecule has 0 saturated carbocycles. The molecule has 5 rings (SSSR count). The van der Waals surface area contributed by atoms with Crippen molar-refractivity contribution < 1.29 is 9.59 Å². The van der Waals surface area contributed by atoms with Gasteiger partial charge < -0.3 is 4.57 Å². The van der Waals surface area contributed by atoms with Crippen LogP contribution in [0.1, 0.15) is 16.8 Å². The van der Waals surface area contributed by atoms with Crippen molar-refractivity contribution in [1.29, 1.82) is 0 Å². The van der Waals surface area contributed by atoms with Crippen LogP contribution in [0.25, 0.3) is 17.0 Å². The molecule has 0 atom stereocenters. The van der Waals surface area contributed by atoms with Gasteiger partial charge in [0.2, 0.25) is 0 Å². The first kappa shape index (κ1) is 22.3. The summed E-state index contributed by atoms with van der Waals surface area (Å²) in [6.07, 6.45) is 5.28. The Hall–Kier alpha value is -3.53. The number of aromatic nitrogens is 4. The molecule has 34 heavy (non-hydrogen) atoms. The summed E-state index contributed by atoms with van der Waals surface area (Å²) in [5.41, 5.74) is 3.26. The fourth-order valence-corrected chi connectivity index (χ4v) is 4.42. The Balaban J connectivity index is 1.43. The SMILES string of the molecule is O=C1NC(=S)NC(=O)C1=Cc1cn(Cc2cn(Cc3ccc(Cl)cc3Cl)nn2)c2ccccc12. The molecule has 0 bridgehead atoms. The third-order valence-electron chi connectivity index (χ3n) is 5.33. The highest BCUT2D eigenvalue weighted by Crippen LogP contribution is 2.25. The summed E-state index contributed by atoms with van der Waals surface area (Å²) in [4.78, 5) is 24.6. The van der Waals surface area contributed by atoms with Gasteiger partial charge in [-0.05, 0) is 42.1 Å². The molecular formula is C23H16Cl2N6O2S. The van der Waals surface area contributed by atoms with Gasteiger partial charge in [0.1, 0.15) is 11.3 Å². The molecule has 0 unspecified atom stereocenters. The maximum absolute atomic E-state index is 12.3. The van der Waals surface area contributed by atoms with E-state index in [2.05, 4.69) is 20.9 Å². The van der Waals surface area contributed by atoms with Crippen molar-refractivity contribution in [3.63, 3.8) is 0 Å². The van der Waals surface area contributed by atoms with Crippen molar-refractivity contribution in [2.45, 2.75) is 13.1 Å². The van der Waals surface area contributed by atoms with E-state index >= 15 is 0 Å². The smallest absolute Gasteiger partial charge is 0.263 e. The summed E-state index contributed by atoms with van der Waals surface area (Å²) in [5, 5.41) is 15.4. The highest BCUT2D eigenvalue weighted by Gasteiger charge is 2.26. The van der Waals surface area contributed by atoms with Crippen LogP contribution in [0.15, 0.2) is 60.4 Å². The Bertz CT molecular complexity index is 1480. The van der Waals surface area contributed by atoms with E-state index in [-0.39, 0.29) is 10.7 Å². The Kier molecular flexibility index (Phi) is 5.91. The molecule has 8 nitrogen and oxygen atoms in total. The van der Waals surface area contributed by atoms with Crippen molar-refractivity contribution in [2.24, 2.45) is 0 Å². The van der Waals surface area contributed by atoms with Crippen LogP contribution in [0.2, 0.25) is 10.0 Å². The minimum Gasteiger partial charge on any atom is -0.341 e. The van der Waals surface area contributed by atoms with Gasteiger partial charge in [-0.3, -0.25) is 20.2 Å². The predicted octanol–water partition coefficient (Wildman–Crippen LogP) is 3.55. The molecule has 4 aromatic rings. The molecule has 2 aromatic heterocycles. The molecule has 0 radical (unpaired) electrons. The number of hydrogen-bond donors (Lipinski definition) is 2. The lowest BCUT2D eigenvalue weighted by Crippen LogP contribution is -2.51. The Morgan fingerprint density at radius 1 is 1.00 bits per heavy atom. The molecule has 1 aliphatic heterocycles. The second-order valence-corrected chi connectivity index (χ2v) is 8.92. The lowest BCUT2D eigenvalue weighted by atomic mass is 10.1. The number of halogens is 2. The number of para-hydroxylation sites is 1. The van der Waals surface area contributed by atoms with Gasteiger partial charge in [-0.2, -0.15) is 0 Å². The summed E-state index contributed by atoms with van der Waals surface area (Å²) >= 11 is 17.1. The highest BCUT2D eigenvalue weighted by atomic mass is 35.5. The summed E-state index contributed by atoms with van der Waals surface area (Å²) in [7, 11) is 0. The third kappa shape index (κ3) is 4.45. The summed E-state index contributed by atoms with van der Waals surface area (Å²) < 4.78 is 3.70. The second kappa shape index (κ2) is 9.02. The molecule has 11 heteroatoms. The lowest BCUT2D eigenvalue weighted by Gasteiger charge is -2.16. The van der Waals surface area contributed by atoms with Gasteiger partial charge >= 0.3 is 0 Å². The number of nitrogens with one attached hydrogen (secondary N) is 2. The van der Waals surface area contributed by atoms with E-state index in [9.17, 15) is 9.59 Å². The fraction of sp³-hybridized carbons (Fsp3) is 0.0870. The Morgan fingerprint density at radius 2 is 1.76 bits per heavy atom. The molecule has 0 aliphatic carbocycles. The first-order valence-electron chi connectivity index (χ1n) is 10.2.